The lowest BCUT2D eigenvalue weighted by molar-refractivity contribution is -0.123. The summed E-state index contributed by atoms with van der Waals surface area (Å²) in [4.78, 5) is 24.5. The maximum Gasteiger partial charge on any atom is 0.276 e. The first-order valence-corrected chi connectivity index (χ1v) is 10.2. The van der Waals surface area contributed by atoms with Crippen LogP contribution in [0.1, 0.15) is 28.4 Å². The molecule has 0 aliphatic heterocycles. The highest BCUT2D eigenvalue weighted by Crippen LogP contribution is 2.19. The molecule has 0 unspecified atom stereocenters. The number of aryl methyl sites for hydroxylation is 2. The fraction of sp³-hybridized carbons (Fsp3) is 0.318. The van der Waals surface area contributed by atoms with Crippen molar-refractivity contribution in [3.63, 3.8) is 0 Å². The number of rotatable bonds is 9. The molecule has 0 bridgehead atoms. The minimum atomic E-state index is -0.467. The second-order valence-electron chi connectivity index (χ2n) is 6.56. The maximum atomic E-state index is 12.5. The van der Waals surface area contributed by atoms with E-state index < -0.39 is 11.8 Å². The lowest BCUT2D eigenvalue weighted by Crippen LogP contribution is -2.49. The lowest BCUT2D eigenvalue weighted by atomic mass is 10.1. The second kappa shape index (κ2) is 12.5. The Balaban J connectivity index is 1.79. The summed E-state index contributed by atoms with van der Waals surface area (Å²) in [6.45, 7) is 6.90. The first kappa shape index (κ1) is 24.1. The molecule has 8 nitrogen and oxygen atoms in total. The summed E-state index contributed by atoms with van der Waals surface area (Å²) in [5.74, 6) is 0.118. The molecular weight excluding hydrogens is 418 g/mol. The van der Waals surface area contributed by atoms with E-state index in [9.17, 15) is 9.59 Å². The molecule has 31 heavy (non-hydrogen) atoms. The molecule has 9 heteroatoms. The van der Waals surface area contributed by atoms with Crippen molar-refractivity contribution < 1.29 is 23.8 Å². The molecule has 0 fully saturated rings. The van der Waals surface area contributed by atoms with Gasteiger partial charge in [0.15, 0.2) is 11.7 Å². The highest BCUT2D eigenvalue weighted by molar-refractivity contribution is 7.80. The van der Waals surface area contributed by atoms with Gasteiger partial charge in [0.05, 0.1) is 12.2 Å². The molecule has 166 valence electrons. The zero-order chi connectivity index (χ0) is 22.6. The first-order valence-electron chi connectivity index (χ1n) is 9.80. The molecule has 0 radical (unpaired) electrons. The molecule has 2 amide bonds. The SMILES string of the molecule is CCOCCOc1ccccc1C(=O)NC(=S)NNC(=O)COc1ccc(C)cc1C. The Morgan fingerprint density at radius 1 is 0.968 bits per heavy atom. The number of carbonyl (C=O) groups is 2. The summed E-state index contributed by atoms with van der Waals surface area (Å²) in [6, 6.07) is 12.5. The van der Waals surface area contributed by atoms with Gasteiger partial charge in [-0.05, 0) is 56.8 Å². The number of amides is 2. The molecule has 2 aromatic carbocycles. The fourth-order valence-corrected chi connectivity index (χ4v) is 2.75. The van der Waals surface area contributed by atoms with Crippen molar-refractivity contribution >= 4 is 29.1 Å². The highest BCUT2D eigenvalue weighted by atomic mass is 32.1. The van der Waals surface area contributed by atoms with Gasteiger partial charge in [-0.25, -0.2) is 0 Å². The quantitative estimate of drug-likeness (QED) is 0.310. The third-order valence-electron chi connectivity index (χ3n) is 4.05. The van der Waals surface area contributed by atoms with E-state index in [4.69, 9.17) is 26.4 Å². The molecule has 0 aromatic heterocycles. The van der Waals surface area contributed by atoms with Crippen LogP contribution in [0.15, 0.2) is 42.5 Å². The van der Waals surface area contributed by atoms with Gasteiger partial charge in [-0.1, -0.05) is 29.8 Å². The van der Waals surface area contributed by atoms with E-state index in [-0.39, 0.29) is 11.7 Å². The maximum absolute atomic E-state index is 12.5. The Kier molecular flexibility index (Phi) is 9.73. The molecule has 0 aliphatic carbocycles. The van der Waals surface area contributed by atoms with Gasteiger partial charge in [0.1, 0.15) is 18.1 Å². The standard InChI is InChI=1S/C22H27N3O5S/c1-4-28-11-12-29-19-8-6-5-7-17(19)21(27)23-22(31)25-24-20(26)14-30-18-10-9-15(2)13-16(18)3/h5-10,13H,4,11-12,14H2,1-3H3,(H,24,26)(H2,23,25,27,31). The van der Waals surface area contributed by atoms with Crippen molar-refractivity contribution in [1.82, 2.24) is 16.2 Å². The van der Waals surface area contributed by atoms with Gasteiger partial charge in [-0.3, -0.25) is 25.8 Å². The smallest absolute Gasteiger partial charge is 0.276 e. The monoisotopic (exact) mass is 445 g/mol. The van der Waals surface area contributed by atoms with Gasteiger partial charge in [-0.2, -0.15) is 0 Å². The molecular formula is C22H27N3O5S. The topological polar surface area (TPSA) is 97.9 Å². The van der Waals surface area contributed by atoms with E-state index in [1.54, 1.807) is 24.3 Å². The summed E-state index contributed by atoms with van der Waals surface area (Å²) >= 11 is 5.07. The van der Waals surface area contributed by atoms with E-state index in [0.29, 0.717) is 36.9 Å². The Labute approximate surface area is 187 Å². The molecule has 0 spiro atoms. The van der Waals surface area contributed by atoms with Crippen LogP contribution in [0.2, 0.25) is 0 Å². The van der Waals surface area contributed by atoms with Gasteiger partial charge in [0.25, 0.3) is 11.8 Å². The number of hydrazine groups is 1. The zero-order valence-electron chi connectivity index (χ0n) is 17.8. The number of benzene rings is 2. The largest absolute Gasteiger partial charge is 0.490 e. The number of hydrogen-bond donors (Lipinski definition) is 3. The van der Waals surface area contributed by atoms with E-state index in [2.05, 4.69) is 16.2 Å². The van der Waals surface area contributed by atoms with Crippen molar-refractivity contribution in [2.45, 2.75) is 20.8 Å². The summed E-state index contributed by atoms with van der Waals surface area (Å²) in [5, 5.41) is 2.44. The van der Waals surface area contributed by atoms with Crippen LogP contribution in [0.5, 0.6) is 11.5 Å². The molecule has 0 saturated carbocycles. The number of hydrogen-bond acceptors (Lipinski definition) is 6. The molecule has 0 saturated heterocycles. The first-order chi connectivity index (χ1) is 14.9. The Hall–Kier alpha value is -3.17. The molecule has 2 aromatic rings. The minimum absolute atomic E-state index is 0.0611. The predicted molar refractivity (Wildman–Crippen MR) is 121 cm³/mol. The number of ether oxygens (including phenoxy) is 3. The van der Waals surface area contributed by atoms with Crippen LogP contribution < -0.4 is 25.6 Å². The Morgan fingerprint density at radius 2 is 1.74 bits per heavy atom. The van der Waals surface area contributed by atoms with Crippen molar-refractivity contribution in [2.75, 3.05) is 26.4 Å². The average molecular weight is 446 g/mol. The number of carbonyl (C=O) groups excluding carboxylic acids is 2. The van der Waals surface area contributed by atoms with Crippen molar-refractivity contribution in [1.29, 1.82) is 0 Å². The van der Waals surface area contributed by atoms with Crippen LogP contribution in [-0.4, -0.2) is 43.4 Å². The van der Waals surface area contributed by atoms with Crippen LogP contribution >= 0.6 is 12.2 Å². The van der Waals surface area contributed by atoms with Crippen LogP contribution in [0.25, 0.3) is 0 Å². The van der Waals surface area contributed by atoms with Crippen LogP contribution in [0.3, 0.4) is 0 Å². The fourth-order valence-electron chi connectivity index (χ4n) is 2.60. The third kappa shape index (κ3) is 8.23. The summed E-state index contributed by atoms with van der Waals surface area (Å²) in [7, 11) is 0. The number of thiocarbonyl (C=S) groups is 1. The molecule has 2 rings (SSSR count). The van der Waals surface area contributed by atoms with Crippen LogP contribution in [0, 0.1) is 13.8 Å². The number of para-hydroxylation sites is 1. The molecule has 0 atom stereocenters. The molecule has 0 aliphatic rings. The highest BCUT2D eigenvalue weighted by Gasteiger charge is 2.14. The average Bonchev–Trinajstić information content (AvgIpc) is 2.75. The third-order valence-corrected chi connectivity index (χ3v) is 4.26. The Morgan fingerprint density at radius 3 is 2.48 bits per heavy atom. The van der Waals surface area contributed by atoms with Crippen LogP contribution in [-0.2, 0) is 9.53 Å². The second-order valence-corrected chi connectivity index (χ2v) is 6.96. The van der Waals surface area contributed by atoms with Gasteiger partial charge >= 0.3 is 0 Å². The normalized spacial score (nSPS) is 10.2. The van der Waals surface area contributed by atoms with Gasteiger partial charge in [-0.15, -0.1) is 0 Å². The van der Waals surface area contributed by atoms with Crippen molar-refractivity contribution in [2.24, 2.45) is 0 Å². The predicted octanol–water partition coefficient (Wildman–Crippen LogP) is 2.43. The van der Waals surface area contributed by atoms with E-state index in [0.717, 1.165) is 11.1 Å². The van der Waals surface area contributed by atoms with Crippen molar-refractivity contribution in [3.8, 4) is 11.5 Å². The van der Waals surface area contributed by atoms with E-state index >= 15 is 0 Å². The molecule has 3 N–H and O–H groups in total. The Bertz CT molecular complexity index is 920. The van der Waals surface area contributed by atoms with Gasteiger partial charge in [0, 0.05) is 6.61 Å². The summed E-state index contributed by atoms with van der Waals surface area (Å²) in [6.07, 6.45) is 0. The lowest BCUT2D eigenvalue weighted by Gasteiger charge is -2.14. The zero-order valence-corrected chi connectivity index (χ0v) is 18.6. The van der Waals surface area contributed by atoms with Gasteiger partial charge < -0.3 is 14.2 Å². The summed E-state index contributed by atoms with van der Waals surface area (Å²) in [5.41, 5.74) is 7.23. The van der Waals surface area contributed by atoms with E-state index in [1.807, 2.05) is 39.0 Å². The van der Waals surface area contributed by atoms with Crippen molar-refractivity contribution in [3.05, 3.63) is 59.2 Å². The molecule has 0 heterocycles. The van der Waals surface area contributed by atoms with Gasteiger partial charge in [0.2, 0.25) is 0 Å². The summed E-state index contributed by atoms with van der Waals surface area (Å²) < 4.78 is 16.3. The minimum Gasteiger partial charge on any atom is -0.490 e. The number of nitrogens with one attached hydrogen (secondary N) is 3. The van der Waals surface area contributed by atoms with Crippen LogP contribution in [0.4, 0.5) is 0 Å². The van der Waals surface area contributed by atoms with E-state index in [1.165, 1.54) is 0 Å².